The van der Waals surface area contributed by atoms with Crippen LogP contribution >= 0.6 is 0 Å². The number of hydrogen-bond donors (Lipinski definition) is 1. The molecule has 0 aliphatic heterocycles. The summed E-state index contributed by atoms with van der Waals surface area (Å²) in [6.07, 6.45) is 4.63. The third-order valence-corrected chi connectivity index (χ3v) is 2.61. The molecular weight excluding hydrogens is 242 g/mol. The number of aryl methyl sites for hydroxylation is 2. The summed E-state index contributed by atoms with van der Waals surface area (Å²) >= 11 is 0. The first-order valence-electron chi connectivity index (χ1n) is 6.37. The number of ether oxygens (including phenoxy) is 1. The largest absolute Gasteiger partial charge is 0.478 e. The van der Waals surface area contributed by atoms with Gasteiger partial charge in [-0.1, -0.05) is 6.92 Å². The second kappa shape index (κ2) is 6.17. The third-order valence-electron chi connectivity index (χ3n) is 2.61. The van der Waals surface area contributed by atoms with E-state index >= 15 is 0 Å². The molecule has 6 heteroatoms. The molecule has 0 atom stereocenters. The van der Waals surface area contributed by atoms with Crippen molar-refractivity contribution in [2.24, 2.45) is 7.05 Å². The molecule has 0 fully saturated rings. The van der Waals surface area contributed by atoms with Crippen molar-refractivity contribution in [2.75, 3.05) is 11.9 Å². The van der Waals surface area contributed by atoms with Crippen molar-refractivity contribution >= 4 is 5.95 Å². The highest BCUT2D eigenvalue weighted by Crippen LogP contribution is 2.12. The first-order valence-corrected chi connectivity index (χ1v) is 6.37. The van der Waals surface area contributed by atoms with Crippen molar-refractivity contribution < 1.29 is 4.74 Å². The Balaban J connectivity index is 2.03. The molecule has 0 aliphatic rings. The van der Waals surface area contributed by atoms with Gasteiger partial charge in [0.2, 0.25) is 11.8 Å². The second-order valence-corrected chi connectivity index (χ2v) is 4.33. The lowest BCUT2D eigenvalue weighted by molar-refractivity contribution is 0.305. The van der Waals surface area contributed by atoms with E-state index < -0.39 is 0 Å². The maximum Gasteiger partial charge on any atom is 0.226 e. The van der Waals surface area contributed by atoms with Gasteiger partial charge in [0.15, 0.2) is 0 Å². The molecule has 0 unspecified atom stereocenters. The molecule has 2 heterocycles. The fourth-order valence-electron chi connectivity index (χ4n) is 1.62. The Hall–Kier alpha value is -2.11. The highest BCUT2D eigenvalue weighted by Gasteiger charge is 2.04. The van der Waals surface area contributed by atoms with Crippen LogP contribution in [-0.2, 0) is 13.6 Å². The van der Waals surface area contributed by atoms with Gasteiger partial charge in [0.05, 0.1) is 13.2 Å². The SMILES string of the molecule is CCCOc1cc(C)nc(NCc2nccn2C)n1. The lowest BCUT2D eigenvalue weighted by Gasteiger charge is -2.08. The molecule has 0 spiro atoms. The Kier molecular flexibility index (Phi) is 4.33. The van der Waals surface area contributed by atoms with E-state index in [0.717, 1.165) is 17.9 Å². The standard InChI is InChI=1S/C13H19N5O/c1-4-7-19-12-8-10(2)16-13(17-12)15-9-11-14-5-6-18(11)3/h5-6,8H,4,7,9H2,1-3H3,(H,15,16,17). The van der Waals surface area contributed by atoms with Gasteiger partial charge in [-0.2, -0.15) is 4.98 Å². The van der Waals surface area contributed by atoms with Crippen LogP contribution in [0.2, 0.25) is 0 Å². The van der Waals surface area contributed by atoms with Gasteiger partial charge in [-0.3, -0.25) is 0 Å². The van der Waals surface area contributed by atoms with E-state index in [1.54, 1.807) is 6.20 Å². The van der Waals surface area contributed by atoms with Crippen LogP contribution in [0.3, 0.4) is 0 Å². The van der Waals surface area contributed by atoms with Gasteiger partial charge in [0.25, 0.3) is 0 Å². The second-order valence-electron chi connectivity index (χ2n) is 4.33. The van der Waals surface area contributed by atoms with Gasteiger partial charge in [-0.25, -0.2) is 9.97 Å². The van der Waals surface area contributed by atoms with Crippen molar-refractivity contribution in [3.05, 3.63) is 30.0 Å². The number of imidazole rings is 1. The summed E-state index contributed by atoms with van der Waals surface area (Å²) in [5.74, 6) is 2.10. The molecule has 0 aliphatic carbocycles. The average molecular weight is 261 g/mol. The summed E-state index contributed by atoms with van der Waals surface area (Å²) in [4.78, 5) is 12.9. The average Bonchev–Trinajstić information content (AvgIpc) is 2.79. The lowest BCUT2D eigenvalue weighted by atomic mass is 10.4. The quantitative estimate of drug-likeness (QED) is 0.860. The zero-order valence-electron chi connectivity index (χ0n) is 11.6. The van der Waals surface area contributed by atoms with Crippen LogP contribution in [0.25, 0.3) is 0 Å². The van der Waals surface area contributed by atoms with Gasteiger partial charge >= 0.3 is 0 Å². The molecule has 0 saturated heterocycles. The minimum atomic E-state index is 0.564. The topological polar surface area (TPSA) is 64.9 Å². The smallest absolute Gasteiger partial charge is 0.226 e. The highest BCUT2D eigenvalue weighted by atomic mass is 16.5. The summed E-state index contributed by atoms with van der Waals surface area (Å²) in [6, 6.07) is 1.83. The number of nitrogens with one attached hydrogen (secondary N) is 1. The van der Waals surface area contributed by atoms with Crippen LogP contribution in [0.1, 0.15) is 24.9 Å². The number of rotatable bonds is 6. The van der Waals surface area contributed by atoms with E-state index in [-0.39, 0.29) is 0 Å². The van der Waals surface area contributed by atoms with Gasteiger partial charge < -0.3 is 14.6 Å². The molecule has 2 aromatic heterocycles. The zero-order valence-corrected chi connectivity index (χ0v) is 11.6. The van der Waals surface area contributed by atoms with E-state index in [2.05, 4.69) is 27.2 Å². The molecule has 0 aromatic carbocycles. The summed E-state index contributed by atoms with van der Waals surface area (Å²) in [5, 5.41) is 3.16. The van der Waals surface area contributed by atoms with E-state index in [1.165, 1.54) is 0 Å². The predicted molar refractivity (Wildman–Crippen MR) is 73.1 cm³/mol. The number of hydrogen-bond acceptors (Lipinski definition) is 5. The number of nitrogens with zero attached hydrogens (tertiary/aromatic N) is 4. The van der Waals surface area contributed by atoms with Crippen molar-refractivity contribution in [1.82, 2.24) is 19.5 Å². The molecule has 0 bridgehead atoms. The lowest BCUT2D eigenvalue weighted by Crippen LogP contribution is -2.09. The van der Waals surface area contributed by atoms with E-state index in [4.69, 9.17) is 4.74 Å². The van der Waals surface area contributed by atoms with Crippen LogP contribution in [0.4, 0.5) is 5.95 Å². The minimum Gasteiger partial charge on any atom is -0.478 e. The summed E-state index contributed by atoms with van der Waals surface area (Å²) in [6.45, 7) is 5.23. The third kappa shape index (κ3) is 3.67. The highest BCUT2D eigenvalue weighted by molar-refractivity contribution is 5.30. The minimum absolute atomic E-state index is 0.564. The molecule has 0 amide bonds. The van der Waals surface area contributed by atoms with Crippen molar-refractivity contribution in [3.63, 3.8) is 0 Å². The number of aromatic nitrogens is 4. The Bertz CT molecular complexity index is 538. The Labute approximate surface area is 112 Å². The molecule has 1 N–H and O–H groups in total. The normalized spacial score (nSPS) is 10.5. The molecule has 0 saturated carbocycles. The predicted octanol–water partition coefficient (Wildman–Crippen LogP) is 1.92. The zero-order chi connectivity index (χ0) is 13.7. The molecular formula is C13H19N5O. The molecule has 0 radical (unpaired) electrons. The van der Waals surface area contributed by atoms with E-state index in [9.17, 15) is 0 Å². The summed E-state index contributed by atoms with van der Waals surface area (Å²) < 4.78 is 7.48. The van der Waals surface area contributed by atoms with Crippen LogP contribution < -0.4 is 10.1 Å². The van der Waals surface area contributed by atoms with E-state index in [0.29, 0.717) is 25.0 Å². The summed E-state index contributed by atoms with van der Waals surface area (Å²) in [5.41, 5.74) is 0.878. The number of anilines is 1. The van der Waals surface area contributed by atoms with Crippen LogP contribution in [0.15, 0.2) is 18.5 Å². The monoisotopic (exact) mass is 261 g/mol. The molecule has 2 rings (SSSR count). The van der Waals surface area contributed by atoms with Crippen molar-refractivity contribution in [2.45, 2.75) is 26.8 Å². The maximum absolute atomic E-state index is 5.53. The fraction of sp³-hybridized carbons (Fsp3) is 0.462. The first-order chi connectivity index (χ1) is 9.19. The van der Waals surface area contributed by atoms with Gasteiger partial charge in [0, 0.05) is 31.2 Å². The summed E-state index contributed by atoms with van der Waals surface area (Å²) in [7, 11) is 1.96. The Morgan fingerprint density at radius 3 is 2.89 bits per heavy atom. The van der Waals surface area contributed by atoms with Crippen molar-refractivity contribution in [3.8, 4) is 5.88 Å². The van der Waals surface area contributed by atoms with Crippen LogP contribution in [0, 0.1) is 6.92 Å². The molecule has 19 heavy (non-hydrogen) atoms. The molecule has 102 valence electrons. The van der Waals surface area contributed by atoms with Gasteiger partial charge in [-0.05, 0) is 13.3 Å². The molecule has 2 aromatic rings. The Morgan fingerprint density at radius 2 is 2.21 bits per heavy atom. The maximum atomic E-state index is 5.53. The fourth-order valence-corrected chi connectivity index (χ4v) is 1.62. The van der Waals surface area contributed by atoms with Crippen molar-refractivity contribution in [1.29, 1.82) is 0 Å². The van der Waals surface area contributed by atoms with Crippen LogP contribution in [-0.4, -0.2) is 26.1 Å². The van der Waals surface area contributed by atoms with Gasteiger partial charge in [0.1, 0.15) is 5.82 Å². The van der Waals surface area contributed by atoms with Crippen LogP contribution in [0.5, 0.6) is 5.88 Å². The Morgan fingerprint density at radius 1 is 1.37 bits per heavy atom. The first kappa shape index (κ1) is 13.3. The van der Waals surface area contributed by atoms with Gasteiger partial charge in [-0.15, -0.1) is 0 Å². The van der Waals surface area contributed by atoms with E-state index in [1.807, 2.05) is 30.8 Å². The molecule has 6 nitrogen and oxygen atoms in total.